The zero-order valence-electron chi connectivity index (χ0n) is 26.8. The maximum absolute atomic E-state index is 8.52. The van der Waals surface area contributed by atoms with Gasteiger partial charge in [-0.05, 0) is 0 Å². The summed E-state index contributed by atoms with van der Waals surface area (Å²) < 4.78 is 409. The van der Waals surface area contributed by atoms with Crippen LogP contribution in [0.25, 0.3) is 0 Å². The van der Waals surface area contributed by atoms with E-state index in [0.717, 1.165) is 0 Å². The van der Waals surface area contributed by atoms with Gasteiger partial charge in [-0.3, -0.25) is 101 Å². The van der Waals surface area contributed by atoms with Gasteiger partial charge in [0.15, 0.2) is 0 Å². The predicted molar refractivity (Wildman–Crippen MR) is 126 cm³/mol. The van der Waals surface area contributed by atoms with Crippen LogP contribution in [0.3, 0.4) is 0 Å². The molecule has 0 saturated carbocycles. The van der Waals surface area contributed by atoms with Crippen LogP contribution in [0.5, 0.6) is 0 Å². The van der Waals surface area contributed by atoms with Crippen LogP contribution in [0, 0.1) is 0 Å². The first-order chi connectivity index (χ1) is 24.0. The molecule has 0 saturated heterocycles. The molecule has 0 aliphatic heterocycles. The fourth-order valence-corrected chi connectivity index (χ4v) is 0. The molecule has 65 heteroatoms. The molecular weight excluding hydrogens is 1400 g/mol. The summed E-state index contributed by atoms with van der Waals surface area (Å²) in [5.41, 5.74) is 0. The molecule has 0 aromatic carbocycles. The third-order valence-electron chi connectivity index (χ3n) is 0. The van der Waals surface area contributed by atoms with E-state index in [2.05, 4.69) is 0 Å². The van der Waals surface area contributed by atoms with Gasteiger partial charge in [-0.2, -0.15) is 0 Å². The third kappa shape index (κ3) is 119000. The van der Waals surface area contributed by atoms with Gasteiger partial charge in [0.2, 0.25) is 0 Å². The van der Waals surface area contributed by atoms with Crippen LogP contribution >= 0.6 is 0 Å². The van der Waals surface area contributed by atoms with E-state index in [1.807, 2.05) is 0 Å². The van der Waals surface area contributed by atoms with Crippen molar-refractivity contribution in [3.8, 4) is 0 Å². The van der Waals surface area contributed by atoms with Crippen LogP contribution in [0.4, 0.5) is 0 Å². The Kier molecular flexibility index (Phi) is 90.3. The SMILES string of the molecule is O=S(=O)([O-])[O-].O=S(=O)([O-])[O-].O=S(=O)([O-])[O-].O=S(=O)([O-])[O-].O=S(=O)([O-])[O-].O=S(=O)([O-])[O-].O=S(=O)([O-])[O-].O=S(=O)([O-])[O-].O=S(=O)([O-])[O-].O=S(=O)([O-])[O-].O=S(=O)([O-])[O-].O=S(=O)([O-])[O-].[Ti+4].[V].[V].[V].[V]. The van der Waals surface area contributed by atoms with Crippen LogP contribution < -0.4 is 0 Å². The summed E-state index contributed by atoms with van der Waals surface area (Å²) in [6, 6.07) is 0. The Morgan fingerprint density at radius 1 is 0.123 bits per heavy atom. The van der Waals surface area contributed by atoms with Crippen LogP contribution in [-0.2, 0) is 221 Å². The van der Waals surface area contributed by atoms with Gasteiger partial charge in [-0.15, -0.1) is 0 Å². The van der Waals surface area contributed by atoms with E-state index < -0.39 is 125 Å². The van der Waals surface area contributed by atoms with Gasteiger partial charge in [0.1, 0.15) is 0 Å². The second-order valence-corrected chi connectivity index (χ2v) is 14.7. The summed E-state index contributed by atoms with van der Waals surface area (Å²) >= 11 is 0. The Morgan fingerprint density at radius 2 is 0.123 bits per heavy atom. The third-order valence-corrected chi connectivity index (χ3v) is 0. The van der Waals surface area contributed by atoms with E-state index in [4.69, 9.17) is 210 Å². The molecule has 65 heavy (non-hydrogen) atoms. The molecule has 0 aliphatic carbocycles. The normalized spacial score (nSPS) is 10.7. The van der Waals surface area contributed by atoms with Crippen LogP contribution in [0.2, 0.25) is 0 Å². The minimum atomic E-state index is -5.17. The van der Waals surface area contributed by atoms with E-state index in [9.17, 15) is 0 Å². The Morgan fingerprint density at radius 3 is 0.123 bits per heavy atom. The van der Waals surface area contributed by atoms with Gasteiger partial charge in [-0.1, -0.05) is 0 Å². The van der Waals surface area contributed by atoms with E-state index in [1.54, 1.807) is 0 Å². The molecule has 404 valence electrons. The molecule has 0 bridgehead atoms. The van der Waals surface area contributed by atoms with Crippen molar-refractivity contribution in [3.05, 3.63) is 0 Å². The van der Waals surface area contributed by atoms with E-state index in [1.165, 1.54) is 0 Å². The standard InChI is InChI=1S/12H2O4S.Ti.4V/c12*1-5(2,3)4;;;;;/h12*(H2,1,2,3,4);;;;;/q;;;;;;;;;;;;+4;;;;/p-24. The first kappa shape index (κ1) is 116. The summed E-state index contributed by atoms with van der Waals surface area (Å²) in [5, 5.41) is 0. The number of rotatable bonds is 0. The Bertz CT molecular complexity index is 1720. The van der Waals surface area contributed by atoms with Crippen molar-refractivity contribution in [2.24, 2.45) is 0 Å². The molecule has 0 rings (SSSR count). The summed E-state index contributed by atoms with van der Waals surface area (Å²) in [7, 11) is -62.0. The summed E-state index contributed by atoms with van der Waals surface area (Å²) in [5.74, 6) is 0. The maximum Gasteiger partial charge on any atom is 4.00 e. The van der Waals surface area contributed by atoms with Crippen LogP contribution in [0.15, 0.2) is 0 Å². The van der Waals surface area contributed by atoms with Gasteiger partial charge in [0.25, 0.3) is 0 Å². The van der Waals surface area contributed by atoms with Crippen molar-refractivity contribution in [2.45, 2.75) is 0 Å². The molecule has 0 heterocycles. The average molecular weight is 1400 g/mol. The molecule has 4 radical (unpaired) electrons. The Labute approximate surface area is 426 Å². The van der Waals surface area contributed by atoms with Crippen molar-refractivity contribution in [3.63, 3.8) is 0 Å². The summed E-state index contributed by atoms with van der Waals surface area (Å²) in [4.78, 5) is 0. The maximum atomic E-state index is 8.52. The monoisotopic (exact) mass is 1400 g/mol. The van der Waals surface area contributed by atoms with Crippen molar-refractivity contribution < 1.29 is 306 Å². The largest absolute Gasteiger partial charge is 4.00 e. The van der Waals surface area contributed by atoms with E-state index in [0.29, 0.717) is 0 Å². The molecule has 0 unspecified atom stereocenters. The Hall–Kier alpha value is 1.49. The predicted octanol–water partition coefficient (Wildman–Crippen LogP) is -16.1. The second kappa shape index (κ2) is 50.4. The number of hydrogen-bond acceptors (Lipinski definition) is 48. The molecule has 0 aromatic heterocycles. The van der Waals surface area contributed by atoms with Crippen LogP contribution in [-0.4, -0.2) is 210 Å². The van der Waals surface area contributed by atoms with Gasteiger partial charge in [-0.25, -0.2) is 0 Å². The molecule has 0 aromatic rings. The molecular formula is O48S12TiV4-20. The Balaban J connectivity index is -0.0000000256. The van der Waals surface area contributed by atoms with E-state index in [-0.39, 0.29) is 95.9 Å². The first-order valence-corrected chi connectivity index (χ1v) is 24.0. The smallest absolute Gasteiger partial charge is 0.759 e. The minimum Gasteiger partial charge on any atom is -0.759 e. The van der Waals surface area contributed by atoms with Crippen molar-refractivity contribution in [2.75, 3.05) is 0 Å². The molecule has 0 fully saturated rings. The zero-order chi connectivity index (χ0) is 54.0. The molecule has 0 aliphatic rings. The first-order valence-electron chi connectivity index (χ1n) is 8.00. The topological polar surface area (TPSA) is 963 Å². The minimum absolute atomic E-state index is 0. The summed E-state index contributed by atoms with van der Waals surface area (Å²) in [6.45, 7) is 0. The second-order valence-electron chi connectivity index (χ2n) is 4.90. The van der Waals surface area contributed by atoms with E-state index >= 15 is 0 Å². The molecule has 0 spiro atoms. The zero-order valence-corrected chi connectivity index (χ0v) is 43.7. The van der Waals surface area contributed by atoms with Crippen molar-refractivity contribution in [1.82, 2.24) is 0 Å². The fourth-order valence-electron chi connectivity index (χ4n) is 0. The fraction of sp³-hybridized carbons (Fsp3) is 0. The quantitative estimate of drug-likeness (QED) is 0.123. The van der Waals surface area contributed by atoms with Crippen molar-refractivity contribution in [1.29, 1.82) is 0 Å². The summed E-state index contributed by atoms with van der Waals surface area (Å²) in [6.07, 6.45) is 0. The van der Waals surface area contributed by atoms with Crippen molar-refractivity contribution >= 4 is 125 Å². The van der Waals surface area contributed by atoms with Gasteiger partial charge in [0, 0.05) is 199 Å². The molecule has 0 N–H and O–H groups in total. The van der Waals surface area contributed by atoms with Gasteiger partial charge >= 0.3 is 21.7 Å². The molecule has 0 atom stereocenters. The van der Waals surface area contributed by atoms with Gasteiger partial charge in [0.05, 0.1) is 0 Å². The van der Waals surface area contributed by atoms with Gasteiger partial charge < -0.3 is 109 Å². The average Bonchev–Trinajstić information content (AvgIpc) is 2.48. The van der Waals surface area contributed by atoms with Crippen LogP contribution in [0.1, 0.15) is 0 Å². The number of hydrogen-bond donors (Lipinski definition) is 0. The molecule has 48 nitrogen and oxygen atoms in total. The molecule has 0 amide bonds.